The molecule has 1 aliphatic rings. The first kappa shape index (κ1) is 20.2. The average Bonchev–Trinajstić information content (AvgIpc) is 2.49. The van der Waals surface area contributed by atoms with Crippen LogP contribution >= 0.6 is 0 Å². The van der Waals surface area contributed by atoms with E-state index in [1.54, 1.807) is 13.8 Å². The van der Waals surface area contributed by atoms with Gasteiger partial charge in [-0.15, -0.1) is 0 Å². The van der Waals surface area contributed by atoms with Crippen molar-refractivity contribution in [2.75, 3.05) is 17.2 Å². The van der Waals surface area contributed by atoms with Crippen LogP contribution in [-0.2, 0) is 0 Å². The minimum atomic E-state index is -4.55. The maximum Gasteiger partial charge on any atom is 0.405 e. The Hall–Kier alpha value is -2.11. The molecule has 0 radical (unpaired) electrons. The highest BCUT2D eigenvalue weighted by Gasteiger charge is 2.46. The average molecular weight is 385 g/mol. The zero-order valence-electron chi connectivity index (χ0n) is 13.8. The molecule has 26 heavy (non-hydrogen) atoms. The minimum absolute atomic E-state index is 0.151. The van der Waals surface area contributed by atoms with Crippen molar-refractivity contribution in [1.82, 2.24) is 15.0 Å². The lowest BCUT2D eigenvalue weighted by Crippen LogP contribution is -2.37. The first-order valence-corrected chi connectivity index (χ1v) is 7.67. The predicted molar refractivity (Wildman–Crippen MR) is 81.3 cm³/mol. The normalized spacial score (nSPS) is 20.5. The number of allylic oxidation sites excluding steroid dienone is 1. The van der Waals surface area contributed by atoms with E-state index in [-0.39, 0.29) is 12.0 Å². The van der Waals surface area contributed by atoms with Gasteiger partial charge in [0.2, 0.25) is 11.9 Å². The molecule has 0 fully saturated rings. The van der Waals surface area contributed by atoms with E-state index in [0.29, 0.717) is 0 Å². The summed E-state index contributed by atoms with van der Waals surface area (Å²) in [7, 11) is 0. The number of aliphatic hydroxyl groups excluding tert-OH is 1. The highest BCUT2D eigenvalue weighted by molar-refractivity contribution is 5.66. The second-order valence-electron chi connectivity index (χ2n) is 6.06. The zero-order chi connectivity index (χ0) is 19.7. The van der Waals surface area contributed by atoms with E-state index in [9.17, 15) is 31.4 Å². The molecule has 1 aliphatic carbocycles. The molecule has 3 N–H and O–H groups in total. The van der Waals surface area contributed by atoms with Gasteiger partial charge in [0.05, 0.1) is 0 Å². The third kappa shape index (κ3) is 4.96. The summed E-state index contributed by atoms with van der Waals surface area (Å²) >= 11 is 0. The number of aromatic nitrogens is 3. The van der Waals surface area contributed by atoms with Gasteiger partial charge in [-0.05, 0) is 20.3 Å². The number of halogens is 6. The molecule has 0 amide bonds. The third-order valence-corrected chi connectivity index (χ3v) is 3.41. The number of anilines is 2. The SMILES string of the molecule is CC(C)Nc1nc(NCC(F)(F)F)nc(C2=C(F)[C@H](O)C(F)(F)CC2)n1. The minimum Gasteiger partial charge on any atom is -0.380 e. The Morgan fingerprint density at radius 2 is 1.81 bits per heavy atom. The van der Waals surface area contributed by atoms with Gasteiger partial charge >= 0.3 is 6.18 Å². The van der Waals surface area contributed by atoms with Gasteiger partial charge < -0.3 is 15.7 Å². The van der Waals surface area contributed by atoms with Gasteiger partial charge in [-0.25, -0.2) is 13.2 Å². The quantitative estimate of drug-likeness (QED) is 0.676. The van der Waals surface area contributed by atoms with Crippen molar-refractivity contribution in [3.8, 4) is 0 Å². The molecular formula is C14H17F6N5O. The molecule has 1 aromatic rings. The summed E-state index contributed by atoms with van der Waals surface area (Å²) in [6.45, 7) is 1.97. The maximum absolute atomic E-state index is 14.2. The van der Waals surface area contributed by atoms with Crippen LogP contribution in [0.3, 0.4) is 0 Å². The fourth-order valence-corrected chi connectivity index (χ4v) is 2.21. The van der Waals surface area contributed by atoms with Crippen LogP contribution in [0.4, 0.5) is 38.2 Å². The van der Waals surface area contributed by atoms with Crippen LogP contribution in [0.1, 0.15) is 32.5 Å². The van der Waals surface area contributed by atoms with E-state index >= 15 is 0 Å². The Morgan fingerprint density at radius 1 is 1.19 bits per heavy atom. The van der Waals surface area contributed by atoms with Crippen LogP contribution in [0, 0.1) is 0 Å². The molecule has 1 atom stereocenters. The van der Waals surface area contributed by atoms with E-state index in [1.807, 2.05) is 5.32 Å². The van der Waals surface area contributed by atoms with Crippen LogP contribution in [-0.4, -0.2) is 50.8 Å². The van der Waals surface area contributed by atoms with Crippen molar-refractivity contribution in [2.45, 2.75) is 50.9 Å². The van der Waals surface area contributed by atoms with E-state index in [2.05, 4.69) is 20.3 Å². The van der Waals surface area contributed by atoms with Gasteiger partial charge in [-0.1, -0.05) is 0 Å². The second-order valence-corrected chi connectivity index (χ2v) is 6.06. The van der Waals surface area contributed by atoms with Crippen molar-refractivity contribution < 1.29 is 31.4 Å². The Bertz CT molecular complexity index is 691. The molecule has 1 aromatic heterocycles. The highest BCUT2D eigenvalue weighted by Crippen LogP contribution is 2.41. The summed E-state index contributed by atoms with van der Waals surface area (Å²) in [4.78, 5) is 11.3. The summed E-state index contributed by atoms with van der Waals surface area (Å²) < 4.78 is 78.1. The van der Waals surface area contributed by atoms with Gasteiger partial charge in [-0.2, -0.15) is 28.1 Å². The maximum atomic E-state index is 14.2. The molecule has 1 heterocycles. The van der Waals surface area contributed by atoms with E-state index in [0.717, 1.165) is 0 Å². The Morgan fingerprint density at radius 3 is 2.38 bits per heavy atom. The standard InChI is InChI=1S/C14H17F6N5O/c1-6(2)22-12-24-10(23-11(25-12)21-5-14(18,19)20)7-3-4-13(16,17)9(26)8(7)15/h6,9,26H,3-5H2,1-2H3,(H2,21,22,23,24,25)/t9-/m0/s1. The van der Waals surface area contributed by atoms with E-state index in [4.69, 9.17) is 0 Å². The third-order valence-electron chi connectivity index (χ3n) is 3.41. The summed E-state index contributed by atoms with van der Waals surface area (Å²) in [5, 5.41) is 14.1. The summed E-state index contributed by atoms with van der Waals surface area (Å²) in [5.41, 5.74) is -0.396. The molecule has 0 aliphatic heterocycles. The summed E-state index contributed by atoms with van der Waals surface area (Å²) in [6.07, 6.45) is -8.54. The number of alkyl halides is 5. The zero-order valence-corrected chi connectivity index (χ0v) is 13.8. The van der Waals surface area contributed by atoms with Crippen molar-refractivity contribution in [1.29, 1.82) is 0 Å². The lowest BCUT2D eigenvalue weighted by Gasteiger charge is -2.27. The van der Waals surface area contributed by atoms with Gasteiger partial charge in [0.1, 0.15) is 12.4 Å². The lowest BCUT2D eigenvalue weighted by atomic mass is 9.92. The molecule has 12 heteroatoms. The molecule has 146 valence electrons. The number of hydrogen-bond acceptors (Lipinski definition) is 6. The van der Waals surface area contributed by atoms with Crippen LogP contribution < -0.4 is 10.6 Å². The number of aliphatic hydroxyl groups is 1. The number of nitrogens with zero attached hydrogens (tertiary/aromatic N) is 3. The van der Waals surface area contributed by atoms with Crippen LogP contribution in [0.15, 0.2) is 5.83 Å². The second kappa shape index (κ2) is 7.25. The van der Waals surface area contributed by atoms with Crippen molar-refractivity contribution in [3.63, 3.8) is 0 Å². The molecule has 0 unspecified atom stereocenters. The fourth-order valence-electron chi connectivity index (χ4n) is 2.21. The lowest BCUT2D eigenvalue weighted by molar-refractivity contribution is -0.115. The van der Waals surface area contributed by atoms with Crippen molar-refractivity contribution >= 4 is 17.5 Å². The van der Waals surface area contributed by atoms with Crippen molar-refractivity contribution in [3.05, 3.63) is 11.7 Å². The topological polar surface area (TPSA) is 83.0 Å². The van der Waals surface area contributed by atoms with Gasteiger partial charge in [-0.3, -0.25) is 0 Å². The first-order chi connectivity index (χ1) is 11.9. The largest absolute Gasteiger partial charge is 0.405 e. The summed E-state index contributed by atoms with van der Waals surface area (Å²) in [6, 6.07) is -0.208. The number of nitrogens with one attached hydrogen (secondary N) is 2. The van der Waals surface area contributed by atoms with Crippen LogP contribution in [0.25, 0.3) is 5.57 Å². The van der Waals surface area contributed by atoms with E-state index in [1.165, 1.54) is 0 Å². The summed E-state index contributed by atoms with van der Waals surface area (Å²) in [5.74, 6) is -6.22. The monoisotopic (exact) mass is 385 g/mol. The Labute approximate surface area is 144 Å². The van der Waals surface area contributed by atoms with Crippen LogP contribution in [0.2, 0.25) is 0 Å². The first-order valence-electron chi connectivity index (χ1n) is 7.67. The molecule has 0 saturated heterocycles. The molecule has 0 spiro atoms. The smallest absolute Gasteiger partial charge is 0.380 e. The molecule has 0 aromatic carbocycles. The predicted octanol–water partition coefficient (Wildman–Crippen LogP) is 3.14. The van der Waals surface area contributed by atoms with Crippen LogP contribution in [0.5, 0.6) is 0 Å². The van der Waals surface area contributed by atoms with E-state index < -0.39 is 60.8 Å². The molecular weight excluding hydrogens is 368 g/mol. The Kier molecular flexibility index (Phi) is 5.64. The number of rotatable bonds is 5. The highest BCUT2D eigenvalue weighted by atomic mass is 19.4. The molecule has 2 rings (SSSR count). The molecule has 0 saturated carbocycles. The Balaban J connectivity index is 2.42. The van der Waals surface area contributed by atoms with Gasteiger partial charge in [0, 0.05) is 18.0 Å². The number of hydrogen-bond donors (Lipinski definition) is 3. The molecule has 6 nitrogen and oxygen atoms in total. The fraction of sp³-hybridized carbons (Fsp3) is 0.643. The van der Waals surface area contributed by atoms with Gasteiger partial charge in [0.25, 0.3) is 5.92 Å². The van der Waals surface area contributed by atoms with Crippen molar-refractivity contribution in [2.24, 2.45) is 0 Å². The molecule has 0 bridgehead atoms. The van der Waals surface area contributed by atoms with Gasteiger partial charge in [0.15, 0.2) is 11.9 Å².